The van der Waals surface area contributed by atoms with E-state index in [9.17, 15) is 5.11 Å². The van der Waals surface area contributed by atoms with Crippen LogP contribution in [0.5, 0.6) is 0 Å². The number of hydrogen-bond donors (Lipinski definition) is 1. The van der Waals surface area contributed by atoms with Crippen LogP contribution in [0.4, 0.5) is 0 Å². The molecule has 2 rings (SSSR count). The molecule has 0 aromatic carbocycles. The molecule has 5 nitrogen and oxygen atoms in total. The molecule has 0 amide bonds. The summed E-state index contributed by atoms with van der Waals surface area (Å²) < 4.78 is 10.4. The van der Waals surface area contributed by atoms with Crippen LogP contribution in [0.25, 0.3) is 0 Å². The van der Waals surface area contributed by atoms with Gasteiger partial charge in [0, 0.05) is 19.1 Å². The second kappa shape index (κ2) is 5.41. The standard InChI is InChI=1S/C11H18N2O3/c1-2-9(14)7-10-12-11(13-16-10)8-3-5-15-6-4-8/h8-9,14H,2-7H2,1H3. The first-order chi connectivity index (χ1) is 7.79. The Morgan fingerprint density at radius 2 is 2.19 bits per heavy atom. The number of ether oxygens (including phenoxy) is 1. The minimum absolute atomic E-state index is 0.352. The Hall–Kier alpha value is -0.940. The van der Waals surface area contributed by atoms with E-state index >= 15 is 0 Å². The maximum atomic E-state index is 9.48. The van der Waals surface area contributed by atoms with Gasteiger partial charge >= 0.3 is 0 Å². The molecular formula is C11H18N2O3. The van der Waals surface area contributed by atoms with Gasteiger partial charge in [-0.3, -0.25) is 0 Å². The Bertz CT molecular complexity index is 321. The molecule has 1 aromatic heterocycles. The summed E-state index contributed by atoms with van der Waals surface area (Å²) in [4.78, 5) is 4.33. The summed E-state index contributed by atoms with van der Waals surface area (Å²) in [6, 6.07) is 0. The van der Waals surface area contributed by atoms with Crippen molar-refractivity contribution in [3.05, 3.63) is 11.7 Å². The molecule has 0 spiro atoms. The maximum absolute atomic E-state index is 9.48. The van der Waals surface area contributed by atoms with E-state index in [0.29, 0.717) is 24.7 Å². The highest BCUT2D eigenvalue weighted by molar-refractivity contribution is 4.97. The van der Waals surface area contributed by atoms with Gasteiger partial charge in [0.2, 0.25) is 5.89 Å². The van der Waals surface area contributed by atoms with Gasteiger partial charge in [-0.05, 0) is 19.3 Å². The highest BCUT2D eigenvalue weighted by Gasteiger charge is 2.21. The molecule has 0 saturated carbocycles. The number of aliphatic hydroxyl groups excluding tert-OH is 1. The number of aliphatic hydroxyl groups is 1. The van der Waals surface area contributed by atoms with Gasteiger partial charge in [0.1, 0.15) is 0 Å². The molecular weight excluding hydrogens is 208 g/mol. The van der Waals surface area contributed by atoms with Gasteiger partial charge in [0.25, 0.3) is 0 Å². The largest absolute Gasteiger partial charge is 0.393 e. The molecule has 1 aromatic rings. The number of nitrogens with zero attached hydrogens (tertiary/aromatic N) is 2. The zero-order valence-corrected chi connectivity index (χ0v) is 9.56. The van der Waals surface area contributed by atoms with Crippen molar-refractivity contribution < 1.29 is 14.4 Å². The van der Waals surface area contributed by atoms with E-state index in [1.165, 1.54) is 0 Å². The molecule has 16 heavy (non-hydrogen) atoms. The van der Waals surface area contributed by atoms with E-state index in [4.69, 9.17) is 9.26 Å². The van der Waals surface area contributed by atoms with Gasteiger partial charge in [-0.15, -0.1) is 0 Å². The minimum Gasteiger partial charge on any atom is -0.393 e. The Balaban J connectivity index is 1.95. The summed E-state index contributed by atoms with van der Waals surface area (Å²) >= 11 is 0. The number of hydrogen-bond acceptors (Lipinski definition) is 5. The van der Waals surface area contributed by atoms with E-state index in [1.54, 1.807) is 0 Å². The molecule has 1 N–H and O–H groups in total. The normalized spacial score (nSPS) is 19.9. The molecule has 5 heteroatoms. The van der Waals surface area contributed by atoms with Crippen LogP contribution in [0.1, 0.15) is 43.8 Å². The Morgan fingerprint density at radius 1 is 1.44 bits per heavy atom. The predicted octanol–water partition coefficient (Wildman–Crippen LogP) is 1.28. The van der Waals surface area contributed by atoms with Crippen LogP contribution >= 0.6 is 0 Å². The van der Waals surface area contributed by atoms with Crippen molar-refractivity contribution in [3.63, 3.8) is 0 Å². The van der Waals surface area contributed by atoms with Crippen LogP contribution < -0.4 is 0 Å². The number of aromatic nitrogens is 2. The number of rotatable bonds is 4. The zero-order valence-electron chi connectivity index (χ0n) is 9.56. The van der Waals surface area contributed by atoms with Gasteiger partial charge < -0.3 is 14.4 Å². The van der Waals surface area contributed by atoms with Crippen molar-refractivity contribution >= 4 is 0 Å². The lowest BCUT2D eigenvalue weighted by Crippen LogP contribution is -2.15. The summed E-state index contributed by atoms with van der Waals surface area (Å²) in [6.07, 6.45) is 2.68. The van der Waals surface area contributed by atoms with E-state index in [-0.39, 0.29) is 6.10 Å². The predicted molar refractivity (Wildman–Crippen MR) is 57.1 cm³/mol. The molecule has 1 aliphatic heterocycles. The second-order valence-corrected chi connectivity index (χ2v) is 4.20. The Kier molecular flexibility index (Phi) is 3.90. The van der Waals surface area contributed by atoms with Gasteiger partial charge in [0.15, 0.2) is 5.82 Å². The van der Waals surface area contributed by atoms with Gasteiger partial charge in [0.05, 0.1) is 12.5 Å². The fourth-order valence-corrected chi connectivity index (χ4v) is 1.82. The van der Waals surface area contributed by atoms with E-state index in [0.717, 1.165) is 31.9 Å². The molecule has 90 valence electrons. The first-order valence-electron chi connectivity index (χ1n) is 5.88. The molecule has 0 aliphatic carbocycles. The van der Waals surface area contributed by atoms with E-state index in [1.807, 2.05) is 6.92 Å². The SMILES string of the molecule is CCC(O)Cc1nc(C2CCOCC2)no1. The van der Waals surface area contributed by atoms with Crippen LogP contribution in [0.15, 0.2) is 4.52 Å². The first kappa shape index (κ1) is 11.5. The van der Waals surface area contributed by atoms with Gasteiger partial charge in [-0.25, -0.2) is 0 Å². The first-order valence-corrected chi connectivity index (χ1v) is 5.88. The molecule has 1 atom stereocenters. The fraction of sp³-hybridized carbons (Fsp3) is 0.818. The molecule has 0 radical (unpaired) electrons. The monoisotopic (exact) mass is 226 g/mol. The highest BCUT2D eigenvalue weighted by atomic mass is 16.5. The molecule has 1 unspecified atom stereocenters. The van der Waals surface area contributed by atoms with Crippen LogP contribution in [0.2, 0.25) is 0 Å². The summed E-state index contributed by atoms with van der Waals surface area (Å²) in [6.45, 7) is 3.47. The van der Waals surface area contributed by atoms with Crippen LogP contribution in [0, 0.1) is 0 Å². The van der Waals surface area contributed by atoms with Crippen molar-refractivity contribution in [1.29, 1.82) is 0 Å². The van der Waals surface area contributed by atoms with Crippen molar-refractivity contribution in [1.82, 2.24) is 10.1 Å². The summed E-state index contributed by atoms with van der Waals surface area (Å²) in [7, 11) is 0. The van der Waals surface area contributed by atoms with Gasteiger partial charge in [-0.1, -0.05) is 12.1 Å². The lowest BCUT2D eigenvalue weighted by atomic mass is 10.00. The third-order valence-electron chi connectivity index (χ3n) is 2.95. The molecule has 0 bridgehead atoms. The van der Waals surface area contributed by atoms with E-state index in [2.05, 4.69) is 10.1 Å². The highest BCUT2D eigenvalue weighted by Crippen LogP contribution is 2.24. The van der Waals surface area contributed by atoms with Crippen molar-refractivity contribution in [3.8, 4) is 0 Å². The van der Waals surface area contributed by atoms with Crippen LogP contribution in [0.3, 0.4) is 0 Å². The van der Waals surface area contributed by atoms with E-state index < -0.39 is 0 Å². The zero-order chi connectivity index (χ0) is 11.4. The smallest absolute Gasteiger partial charge is 0.229 e. The summed E-state index contributed by atoms with van der Waals surface area (Å²) in [5.74, 6) is 1.66. The second-order valence-electron chi connectivity index (χ2n) is 4.20. The third kappa shape index (κ3) is 2.80. The lowest BCUT2D eigenvalue weighted by molar-refractivity contribution is 0.0830. The molecule has 2 heterocycles. The van der Waals surface area contributed by atoms with Crippen LogP contribution in [-0.2, 0) is 11.2 Å². The average molecular weight is 226 g/mol. The maximum Gasteiger partial charge on any atom is 0.229 e. The van der Waals surface area contributed by atoms with Crippen molar-refractivity contribution in [2.75, 3.05) is 13.2 Å². The minimum atomic E-state index is -0.386. The Morgan fingerprint density at radius 3 is 2.88 bits per heavy atom. The summed E-state index contributed by atoms with van der Waals surface area (Å²) in [5, 5.41) is 13.5. The molecule has 1 aliphatic rings. The summed E-state index contributed by atoms with van der Waals surface area (Å²) in [5.41, 5.74) is 0. The fourth-order valence-electron chi connectivity index (χ4n) is 1.82. The van der Waals surface area contributed by atoms with Crippen molar-refractivity contribution in [2.24, 2.45) is 0 Å². The Labute approximate surface area is 94.8 Å². The van der Waals surface area contributed by atoms with Crippen LogP contribution in [-0.4, -0.2) is 34.6 Å². The third-order valence-corrected chi connectivity index (χ3v) is 2.95. The average Bonchev–Trinajstić information content (AvgIpc) is 2.78. The molecule has 1 saturated heterocycles. The topological polar surface area (TPSA) is 68.4 Å². The molecule has 1 fully saturated rings. The quantitative estimate of drug-likeness (QED) is 0.837. The lowest BCUT2D eigenvalue weighted by Gasteiger charge is -2.18. The van der Waals surface area contributed by atoms with Crippen molar-refractivity contribution in [2.45, 2.75) is 44.6 Å². The van der Waals surface area contributed by atoms with Gasteiger partial charge in [-0.2, -0.15) is 4.98 Å².